The summed E-state index contributed by atoms with van der Waals surface area (Å²) >= 11 is 7.59. The topological polar surface area (TPSA) is 43.1 Å². The van der Waals surface area contributed by atoms with Gasteiger partial charge in [-0.25, -0.2) is 0 Å². The van der Waals surface area contributed by atoms with Crippen molar-refractivity contribution in [3.8, 4) is 10.6 Å². The molecule has 0 saturated heterocycles. The lowest BCUT2D eigenvalue weighted by Gasteiger charge is -1.97. The van der Waals surface area contributed by atoms with Crippen LogP contribution in [0.1, 0.15) is 5.82 Å². The quantitative estimate of drug-likeness (QED) is 0.667. The Hall–Kier alpha value is -1.46. The molecule has 2 heterocycles. The first-order valence-corrected chi connectivity index (χ1v) is 5.89. The van der Waals surface area contributed by atoms with E-state index in [9.17, 15) is 0 Å². The van der Waals surface area contributed by atoms with Crippen LogP contribution >= 0.6 is 22.9 Å². The van der Waals surface area contributed by atoms with E-state index in [1.54, 1.807) is 4.52 Å². The Bertz CT molecular complexity index is 658. The van der Waals surface area contributed by atoms with E-state index in [2.05, 4.69) is 15.3 Å². The number of fused-ring (bicyclic) bond motifs is 1. The van der Waals surface area contributed by atoms with Gasteiger partial charge in [0.2, 0.25) is 4.96 Å². The van der Waals surface area contributed by atoms with Gasteiger partial charge in [-0.3, -0.25) is 0 Å². The van der Waals surface area contributed by atoms with E-state index in [1.807, 2.05) is 31.2 Å². The lowest BCUT2D eigenvalue weighted by molar-refractivity contribution is 0.898. The van der Waals surface area contributed by atoms with Crippen LogP contribution in [-0.2, 0) is 0 Å². The molecule has 4 nitrogen and oxygen atoms in total. The zero-order chi connectivity index (χ0) is 11.1. The van der Waals surface area contributed by atoms with Crippen LogP contribution in [0.5, 0.6) is 0 Å². The van der Waals surface area contributed by atoms with Crippen molar-refractivity contribution in [3.05, 3.63) is 35.1 Å². The van der Waals surface area contributed by atoms with Gasteiger partial charge in [-0.2, -0.15) is 9.61 Å². The van der Waals surface area contributed by atoms with Crippen LogP contribution in [0.2, 0.25) is 5.02 Å². The minimum atomic E-state index is 0.699. The Labute approximate surface area is 101 Å². The van der Waals surface area contributed by atoms with Crippen molar-refractivity contribution in [2.24, 2.45) is 0 Å². The summed E-state index contributed by atoms with van der Waals surface area (Å²) in [6.07, 6.45) is 0. The van der Waals surface area contributed by atoms with E-state index < -0.39 is 0 Å². The van der Waals surface area contributed by atoms with Gasteiger partial charge in [0.05, 0.1) is 5.02 Å². The predicted molar refractivity (Wildman–Crippen MR) is 63.8 cm³/mol. The Morgan fingerprint density at radius 1 is 1.25 bits per heavy atom. The maximum Gasteiger partial charge on any atom is 0.234 e. The second-order valence-corrected chi connectivity index (χ2v) is 4.69. The van der Waals surface area contributed by atoms with Crippen LogP contribution in [0.3, 0.4) is 0 Å². The van der Waals surface area contributed by atoms with Crippen molar-refractivity contribution >= 4 is 27.9 Å². The number of benzene rings is 1. The van der Waals surface area contributed by atoms with Crippen LogP contribution in [0.25, 0.3) is 15.5 Å². The van der Waals surface area contributed by atoms with Crippen molar-refractivity contribution in [1.82, 2.24) is 19.8 Å². The van der Waals surface area contributed by atoms with Gasteiger partial charge >= 0.3 is 0 Å². The Kier molecular flexibility index (Phi) is 2.15. The van der Waals surface area contributed by atoms with Gasteiger partial charge in [0.1, 0.15) is 5.01 Å². The number of aromatic nitrogens is 4. The molecule has 1 aromatic carbocycles. The molecule has 0 aliphatic heterocycles. The molecule has 0 spiro atoms. The van der Waals surface area contributed by atoms with Gasteiger partial charge in [0.25, 0.3) is 0 Å². The highest BCUT2D eigenvalue weighted by Crippen LogP contribution is 2.30. The van der Waals surface area contributed by atoms with Crippen molar-refractivity contribution < 1.29 is 0 Å². The highest BCUT2D eigenvalue weighted by atomic mass is 35.5. The minimum absolute atomic E-state index is 0.699. The summed E-state index contributed by atoms with van der Waals surface area (Å²) in [5, 5.41) is 13.9. The first kappa shape index (κ1) is 9.74. The number of rotatable bonds is 1. The molecule has 0 bridgehead atoms. The Morgan fingerprint density at radius 2 is 2.06 bits per heavy atom. The van der Waals surface area contributed by atoms with E-state index in [0.29, 0.717) is 5.02 Å². The van der Waals surface area contributed by atoms with E-state index in [-0.39, 0.29) is 0 Å². The Balaban J connectivity index is 2.23. The maximum absolute atomic E-state index is 6.11. The number of nitrogens with zero attached hydrogens (tertiary/aromatic N) is 4. The monoisotopic (exact) mass is 250 g/mol. The summed E-state index contributed by atoms with van der Waals surface area (Å²) in [4.78, 5) is 0.785. The third-order valence-electron chi connectivity index (χ3n) is 2.25. The third-order valence-corrected chi connectivity index (χ3v) is 3.51. The summed E-state index contributed by atoms with van der Waals surface area (Å²) in [5.74, 6) is 0.782. The summed E-state index contributed by atoms with van der Waals surface area (Å²) < 4.78 is 1.73. The van der Waals surface area contributed by atoms with Crippen LogP contribution in [0.15, 0.2) is 24.3 Å². The van der Waals surface area contributed by atoms with Crippen molar-refractivity contribution in [1.29, 1.82) is 0 Å². The molecule has 0 amide bonds. The molecule has 0 aliphatic carbocycles. The SMILES string of the molecule is Cc1nnc2sc(-c3ccccc3Cl)nn12. The fourth-order valence-electron chi connectivity index (χ4n) is 1.46. The van der Waals surface area contributed by atoms with Gasteiger partial charge in [0, 0.05) is 5.56 Å². The highest BCUT2D eigenvalue weighted by Gasteiger charge is 2.11. The van der Waals surface area contributed by atoms with Gasteiger partial charge in [-0.05, 0) is 13.0 Å². The van der Waals surface area contributed by atoms with E-state index in [0.717, 1.165) is 21.4 Å². The fraction of sp³-hybridized carbons (Fsp3) is 0.100. The summed E-state index contributed by atoms with van der Waals surface area (Å²) in [6.45, 7) is 1.87. The second kappa shape index (κ2) is 3.54. The molecule has 0 fully saturated rings. The fourth-order valence-corrected chi connectivity index (χ4v) is 2.66. The highest BCUT2D eigenvalue weighted by molar-refractivity contribution is 7.19. The number of hydrogen-bond donors (Lipinski definition) is 0. The molecule has 16 heavy (non-hydrogen) atoms. The molecule has 80 valence electrons. The van der Waals surface area contributed by atoms with Gasteiger partial charge in [-0.1, -0.05) is 41.1 Å². The van der Waals surface area contributed by atoms with Crippen molar-refractivity contribution in [2.45, 2.75) is 6.92 Å². The zero-order valence-electron chi connectivity index (χ0n) is 8.38. The smallest absolute Gasteiger partial charge is 0.187 e. The van der Waals surface area contributed by atoms with E-state index in [4.69, 9.17) is 11.6 Å². The zero-order valence-corrected chi connectivity index (χ0v) is 9.96. The van der Waals surface area contributed by atoms with Crippen LogP contribution in [0, 0.1) is 6.92 Å². The standard InChI is InChI=1S/C10H7ClN4S/c1-6-12-13-10-15(6)14-9(16-10)7-4-2-3-5-8(7)11/h2-5H,1H3. The second-order valence-electron chi connectivity index (χ2n) is 3.33. The molecular formula is C10H7ClN4S. The molecular weight excluding hydrogens is 244 g/mol. The summed E-state index contributed by atoms with van der Waals surface area (Å²) in [5.41, 5.74) is 0.930. The largest absolute Gasteiger partial charge is 0.234 e. The molecule has 3 aromatic rings. The van der Waals surface area contributed by atoms with E-state index in [1.165, 1.54) is 11.3 Å². The summed E-state index contributed by atoms with van der Waals surface area (Å²) in [7, 11) is 0. The minimum Gasteiger partial charge on any atom is -0.187 e. The first-order chi connectivity index (χ1) is 7.75. The van der Waals surface area contributed by atoms with E-state index >= 15 is 0 Å². The average molecular weight is 251 g/mol. The number of halogens is 1. The van der Waals surface area contributed by atoms with Crippen molar-refractivity contribution in [3.63, 3.8) is 0 Å². The molecule has 0 atom stereocenters. The molecule has 0 unspecified atom stereocenters. The lowest BCUT2D eigenvalue weighted by atomic mass is 10.2. The molecule has 0 saturated carbocycles. The summed E-state index contributed by atoms with van der Waals surface area (Å²) in [6, 6.07) is 7.64. The molecule has 6 heteroatoms. The lowest BCUT2D eigenvalue weighted by Crippen LogP contribution is -1.88. The van der Waals surface area contributed by atoms with Crippen molar-refractivity contribution in [2.75, 3.05) is 0 Å². The molecule has 3 rings (SSSR count). The number of aryl methyl sites for hydroxylation is 1. The normalized spacial score (nSPS) is 11.1. The number of hydrogen-bond acceptors (Lipinski definition) is 4. The van der Waals surface area contributed by atoms with Crippen LogP contribution in [-0.4, -0.2) is 19.8 Å². The van der Waals surface area contributed by atoms with Gasteiger partial charge in [0.15, 0.2) is 5.82 Å². The molecule has 0 N–H and O–H groups in total. The Morgan fingerprint density at radius 3 is 2.81 bits per heavy atom. The van der Waals surface area contributed by atoms with Gasteiger partial charge < -0.3 is 0 Å². The van der Waals surface area contributed by atoms with Crippen LogP contribution in [0.4, 0.5) is 0 Å². The first-order valence-electron chi connectivity index (χ1n) is 4.69. The average Bonchev–Trinajstić information content (AvgIpc) is 2.82. The predicted octanol–water partition coefficient (Wildman–Crippen LogP) is 2.81. The van der Waals surface area contributed by atoms with Gasteiger partial charge in [-0.15, -0.1) is 10.2 Å². The molecule has 0 radical (unpaired) electrons. The van der Waals surface area contributed by atoms with Crippen LogP contribution < -0.4 is 0 Å². The maximum atomic E-state index is 6.11. The molecule has 2 aromatic heterocycles. The third kappa shape index (κ3) is 1.40. The molecule has 0 aliphatic rings.